The molecule has 3 fully saturated rings. The molecule has 6 rings (SSSR count). The minimum Gasteiger partial charge on any atom is -0.494 e. The number of nitrogens with zero attached hydrogens (tertiary/aromatic N) is 5. The lowest BCUT2D eigenvalue weighted by Gasteiger charge is -2.34. The van der Waals surface area contributed by atoms with Gasteiger partial charge in [0.25, 0.3) is 5.56 Å². The van der Waals surface area contributed by atoms with Crippen LogP contribution in [0.5, 0.6) is 5.75 Å². The fourth-order valence-electron chi connectivity index (χ4n) is 6.83. The van der Waals surface area contributed by atoms with E-state index >= 15 is 0 Å². The molecule has 10 heteroatoms. The summed E-state index contributed by atoms with van der Waals surface area (Å²) in [7, 11) is 3.82. The van der Waals surface area contributed by atoms with E-state index in [9.17, 15) is 9.59 Å². The fraction of sp³-hybridized carbons (Fsp3) is 0.562. The van der Waals surface area contributed by atoms with Crippen LogP contribution in [0.25, 0.3) is 11.0 Å². The lowest BCUT2D eigenvalue weighted by Crippen LogP contribution is -2.44. The number of rotatable bonds is 7. The van der Waals surface area contributed by atoms with Crippen molar-refractivity contribution in [2.24, 2.45) is 5.92 Å². The number of fused-ring (bicyclic) bond motifs is 1. The highest BCUT2D eigenvalue weighted by Crippen LogP contribution is 2.34. The molecule has 0 unspecified atom stereocenters. The predicted octanol–water partition coefficient (Wildman–Crippen LogP) is 4.39. The quantitative estimate of drug-likeness (QED) is 0.429. The van der Waals surface area contributed by atoms with Crippen LogP contribution in [-0.4, -0.2) is 71.7 Å². The lowest BCUT2D eigenvalue weighted by molar-refractivity contribution is -0.125. The monoisotopic (exact) mass is 573 g/mol. The molecule has 3 aromatic rings. The fourth-order valence-corrected chi connectivity index (χ4v) is 6.83. The Bertz CT molecular complexity index is 1480. The molecule has 0 radical (unpaired) electrons. The molecular weight excluding hydrogens is 530 g/mol. The molecule has 2 saturated carbocycles. The first-order valence-corrected chi connectivity index (χ1v) is 15.5. The number of aromatic nitrogens is 3. The highest BCUT2D eigenvalue weighted by Gasteiger charge is 2.29. The molecule has 10 nitrogen and oxygen atoms in total. The number of ether oxygens (including phenoxy) is 1. The van der Waals surface area contributed by atoms with Crippen molar-refractivity contribution in [3.63, 3.8) is 0 Å². The Hall–Kier alpha value is -3.66. The third-order valence-corrected chi connectivity index (χ3v) is 9.43. The van der Waals surface area contributed by atoms with E-state index in [-0.39, 0.29) is 29.5 Å². The minimum atomic E-state index is -0.0443. The number of benzene rings is 1. The Kier molecular flexibility index (Phi) is 8.33. The molecule has 224 valence electrons. The van der Waals surface area contributed by atoms with Gasteiger partial charge in [0.1, 0.15) is 11.4 Å². The molecular formula is C32H43N7O3. The molecule has 3 heterocycles. The molecule has 0 spiro atoms. The number of anilines is 3. The van der Waals surface area contributed by atoms with Crippen molar-refractivity contribution in [3.8, 4) is 5.75 Å². The first kappa shape index (κ1) is 28.5. The van der Waals surface area contributed by atoms with Crippen LogP contribution in [0.3, 0.4) is 0 Å². The Balaban J connectivity index is 1.21. The number of nitrogens with one attached hydrogen (secondary N) is 2. The molecule has 0 atom stereocenters. The number of hydrogen-bond donors (Lipinski definition) is 2. The SMILES string of the molecule is COc1cc(N2CCN(C)CC2)ccc1Nc1ncc2c(C)cc(=O)n(C3CCC(NC(=O)C4CCCC4)CC3)c2n1. The summed E-state index contributed by atoms with van der Waals surface area (Å²) in [6.45, 7) is 5.95. The van der Waals surface area contributed by atoms with Crippen LogP contribution in [0.1, 0.15) is 63.0 Å². The zero-order chi connectivity index (χ0) is 29.2. The minimum absolute atomic E-state index is 0.0281. The van der Waals surface area contributed by atoms with Gasteiger partial charge in [0.15, 0.2) is 0 Å². The summed E-state index contributed by atoms with van der Waals surface area (Å²) in [5.41, 5.74) is 3.37. The summed E-state index contributed by atoms with van der Waals surface area (Å²) in [5, 5.41) is 7.50. The third-order valence-electron chi connectivity index (χ3n) is 9.43. The summed E-state index contributed by atoms with van der Waals surface area (Å²) >= 11 is 0. The maximum Gasteiger partial charge on any atom is 0.252 e. The van der Waals surface area contributed by atoms with Crippen LogP contribution in [0, 0.1) is 12.8 Å². The Morgan fingerprint density at radius 1 is 1.00 bits per heavy atom. The van der Waals surface area contributed by atoms with Gasteiger partial charge in [-0.05, 0) is 70.2 Å². The number of pyridine rings is 1. The van der Waals surface area contributed by atoms with Crippen molar-refractivity contribution in [1.82, 2.24) is 24.8 Å². The normalized spacial score (nSPS) is 21.9. The molecule has 3 aliphatic rings. The zero-order valence-corrected chi connectivity index (χ0v) is 25.1. The standard InChI is InChI=1S/C32H43N7O3/c1-21-18-29(40)39(24-10-8-23(9-11-24)34-31(41)22-6-4-5-7-22)30-26(21)20-33-32(36-30)35-27-13-12-25(19-28(27)42-3)38-16-14-37(2)15-17-38/h12-13,18-20,22-24H,4-11,14-17H2,1-3H3,(H,34,41)(H,33,35,36). The van der Waals surface area contributed by atoms with Crippen molar-refractivity contribution < 1.29 is 9.53 Å². The highest BCUT2D eigenvalue weighted by atomic mass is 16.5. The number of likely N-dealkylation sites (N-methyl/N-ethyl adjacent to an activating group) is 1. The third kappa shape index (κ3) is 5.95. The first-order chi connectivity index (χ1) is 20.4. The number of methoxy groups -OCH3 is 1. The number of aryl methyl sites for hydroxylation is 1. The molecule has 2 aliphatic carbocycles. The van der Waals surface area contributed by atoms with Crippen LogP contribution in [0.2, 0.25) is 0 Å². The van der Waals surface area contributed by atoms with E-state index in [1.165, 1.54) is 0 Å². The van der Waals surface area contributed by atoms with Gasteiger partial charge >= 0.3 is 0 Å². The number of piperazine rings is 1. The molecule has 1 saturated heterocycles. The van der Waals surface area contributed by atoms with E-state index in [1.807, 2.05) is 17.6 Å². The number of hydrogen-bond acceptors (Lipinski definition) is 8. The Labute approximate surface area is 247 Å². The Morgan fingerprint density at radius 3 is 2.45 bits per heavy atom. The summed E-state index contributed by atoms with van der Waals surface area (Å²) in [5.74, 6) is 1.53. The largest absolute Gasteiger partial charge is 0.494 e. The molecule has 2 N–H and O–H groups in total. The number of amides is 1. The van der Waals surface area contributed by atoms with Gasteiger partial charge in [-0.25, -0.2) is 4.98 Å². The van der Waals surface area contributed by atoms with Crippen LogP contribution in [0.15, 0.2) is 35.3 Å². The summed E-state index contributed by atoms with van der Waals surface area (Å²) in [6, 6.07) is 8.05. The van der Waals surface area contributed by atoms with Crippen LogP contribution in [0.4, 0.5) is 17.3 Å². The van der Waals surface area contributed by atoms with Gasteiger partial charge < -0.3 is 25.2 Å². The second-order valence-corrected chi connectivity index (χ2v) is 12.3. The average molecular weight is 574 g/mol. The smallest absolute Gasteiger partial charge is 0.252 e. The van der Waals surface area contributed by atoms with Crippen molar-refractivity contribution in [3.05, 3.63) is 46.4 Å². The molecule has 2 aromatic heterocycles. The van der Waals surface area contributed by atoms with E-state index in [4.69, 9.17) is 9.72 Å². The number of carbonyl (C=O) groups is 1. The van der Waals surface area contributed by atoms with Gasteiger partial charge in [0.05, 0.1) is 12.8 Å². The summed E-state index contributed by atoms with van der Waals surface area (Å²) < 4.78 is 7.59. The second-order valence-electron chi connectivity index (χ2n) is 12.3. The van der Waals surface area contributed by atoms with Crippen molar-refractivity contribution in [1.29, 1.82) is 0 Å². The highest BCUT2D eigenvalue weighted by molar-refractivity contribution is 5.80. The predicted molar refractivity (Wildman–Crippen MR) is 166 cm³/mol. The van der Waals surface area contributed by atoms with E-state index in [0.29, 0.717) is 11.6 Å². The maximum absolute atomic E-state index is 13.3. The van der Waals surface area contributed by atoms with Gasteiger partial charge in [-0.15, -0.1) is 0 Å². The van der Waals surface area contributed by atoms with Gasteiger partial charge in [-0.3, -0.25) is 14.2 Å². The van der Waals surface area contributed by atoms with Gasteiger partial charge in [0.2, 0.25) is 11.9 Å². The van der Waals surface area contributed by atoms with E-state index < -0.39 is 0 Å². The lowest BCUT2D eigenvalue weighted by atomic mass is 9.90. The van der Waals surface area contributed by atoms with Crippen LogP contribution < -0.4 is 25.8 Å². The average Bonchev–Trinajstić information content (AvgIpc) is 3.54. The van der Waals surface area contributed by atoms with Gasteiger partial charge in [0, 0.05) is 73.6 Å². The van der Waals surface area contributed by atoms with Gasteiger partial charge in [-0.1, -0.05) is 12.8 Å². The Morgan fingerprint density at radius 2 is 1.74 bits per heavy atom. The van der Waals surface area contributed by atoms with E-state index in [0.717, 1.165) is 106 Å². The second kappa shape index (κ2) is 12.3. The van der Waals surface area contributed by atoms with Crippen LogP contribution in [-0.2, 0) is 4.79 Å². The zero-order valence-electron chi connectivity index (χ0n) is 25.1. The summed E-state index contributed by atoms with van der Waals surface area (Å²) in [4.78, 5) is 40.2. The topological polar surface area (TPSA) is 105 Å². The molecule has 0 bridgehead atoms. The van der Waals surface area contributed by atoms with Crippen molar-refractivity contribution in [2.45, 2.75) is 70.4 Å². The van der Waals surface area contributed by atoms with Gasteiger partial charge in [-0.2, -0.15) is 4.98 Å². The first-order valence-electron chi connectivity index (χ1n) is 15.5. The molecule has 1 aromatic carbocycles. The van der Waals surface area contributed by atoms with E-state index in [1.54, 1.807) is 19.4 Å². The molecule has 1 aliphatic heterocycles. The maximum atomic E-state index is 13.3. The van der Waals surface area contributed by atoms with Crippen molar-refractivity contribution >= 4 is 34.3 Å². The van der Waals surface area contributed by atoms with Crippen LogP contribution >= 0.6 is 0 Å². The molecule has 1 amide bonds. The molecule has 42 heavy (non-hydrogen) atoms. The number of carbonyl (C=O) groups excluding carboxylic acids is 1. The van der Waals surface area contributed by atoms with E-state index in [2.05, 4.69) is 44.6 Å². The summed E-state index contributed by atoms with van der Waals surface area (Å²) in [6.07, 6.45) is 9.49. The van der Waals surface area contributed by atoms with Crippen molar-refractivity contribution in [2.75, 3.05) is 50.6 Å².